The second kappa shape index (κ2) is 5.12. The van der Waals surface area contributed by atoms with Gasteiger partial charge in [0.15, 0.2) is 0 Å². The zero-order chi connectivity index (χ0) is 12.4. The molecule has 0 amide bonds. The van der Waals surface area contributed by atoms with Crippen LogP contribution in [-0.2, 0) is 6.42 Å². The standard InChI is InChI=1S/C15H16N2S/c16-14(8-11-4-3-7-17-9-11)13-10-18-15-6-2-1-5-12(13)15/h1-7,9,13-14H,8,10,16H2. The van der Waals surface area contributed by atoms with E-state index in [-0.39, 0.29) is 6.04 Å². The van der Waals surface area contributed by atoms with Gasteiger partial charge in [-0.25, -0.2) is 0 Å². The van der Waals surface area contributed by atoms with Crippen molar-refractivity contribution in [2.45, 2.75) is 23.3 Å². The molecular weight excluding hydrogens is 240 g/mol. The second-order valence-corrected chi connectivity index (χ2v) is 5.75. The smallest absolute Gasteiger partial charge is 0.0300 e. The molecule has 0 radical (unpaired) electrons. The van der Waals surface area contributed by atoms with E-state index in [0.717, 1.165) is 12.2 Å². The molecule has 2 atom stereocenters. The fraction of sp³-hybridized carbons (Fsp3) is 0.267. The number of hydrogen-bond donors (Lipinski definition) is 1. The van der Waals surface area contributed by atoms with Gasteiger partial charge >= 0.3 is 0 Å². The van der Waals surface area contributed by atoms with E-state index < -0.39 is 0 Å². The van der Waals surface area contributed by atoms with Gasteiger partial charge in [-0.05, 0) is 29.7 Å². The minimum absolute atomic E-state index is 0.172. The SMILES string of the molecule is NC(Cc1cccnc1)C1CSc2ccccc21. The lowest BCUT2D eigenvalue weighted by molar-refractivity contribution is 0.571. The molecule has 92 valence electrons. The number of hydrogen-bond acceptors (Lipinski definition) is 3. The Balaban J connectivity index is 1.77. The number of rotatable bonds is 3. The van der Waals surface area contributed by atoms with Gasteiger partial charge in [0.05, 0.1) is 0 Å². The van der Waals surface area contributed by atoms with E-state index in [9.17, 15) is 0 Å². The van der Waals surface area contributed by atoms with Crippen LogP contribution in [0.1, 0.15) is 17.0 Å². The quantitative estimate of drug-likeness (QED) is 0.917. The molecule has 1 aromatic heterocycles. The summed E-state index contributed by atoms with van der Waals surface area (Å²) in [5.74, 6) is 1.56. The highest BCUT2D eigenvalue weighted by atomic mass is 32.2. The summed E-state index contributed by atoms with van der Waals surface area (Å²) >= 11 is 1.92. The van der Waals surface area contributed by atoms with Gasteiger partial charge in [-0.3, -0.25) is 4.98 Å². The van der Waals surface area contributed by atoms with Gasteiger partial charge < -0.3 is 5.73 Å². The van der Waals surface area contributed by atoms with E-state index in [1.165, 1.54) is 16.0 Å². The van der Waals surface area contributed by atoms with E-state index in [2.05, 4.69) is 35.3 Å². The van der Waals surface area contributed by atoms with Crippen LogP contribution in [0.4, 0.5) is 0 Å². The average molecular weight is 256 g/mol. The third-order valence-corrected chi connectivity index (χ3v) is 4.66. The molecule has 0 fully saturated rings. The molecule has 18 heavy (non-hydrogen) atoms. The number of aromatic nitrogens is 1. The fourth-order valence-corrected chi connectivity index (χ4v) is 3.82. The van der Waals surface area contributed by atoms with Crippen LogP contribution in [0, 0.1) is 0 Å². The number of nitrogens with zero attached hydrogens (tertiary/aromatic N) is 1. The molecule has 3 heteroatoms. The Labute approximate surface area is 112 Å². The predicted molar refractivity (Wildman–Crippen MR) is 75.8 cm³/mol. The van der Waals surface area contributed by atoms with E-state index in [0.29, 0.717) is 5.92 Å². The number of thioether (sulfide) groups is 1. The third kappa shape index (κ3) is 2.28. The lowest BCUT2D eigenvalue weighted by atomic mass is 9.90. The number of pyridine rings is 1. The molecule has 2 aromatic rings. The zero-order valence-electron chi connectivity index (χ0n) is 10.1. The van der Waals surface area contributed by atoms with Crippen molar-refractivity contribution >= 4 is 11.8 Å². The van der Waals surface area contributed by atoms with Crippen molar-refractivity contribution in [2.75, 3.05) is 5.75 Å². The van der Waals surface area contributed by atoms with Gasteiger partial charge in [0.2, 0.25) is 0 Å². The molecule has 2 nitrogen and oxygen atoms in total. The Morgan fingerprint density at radius 1 is 1.28 bits per heavy atom. The van der Waals surface area contributed by atoms with Gasteiger partial charge in [0.1, 0.15) is 0 Å². The molecule has 0 bridgehead atoms. The van der Waals surface area contributed by atoms with Crippen molar-refractivity contribution in [1.82, 2.24) is 4.98 Å². The molecule has 3 rings (SSSR count). The molecule has 1 aromatic carbocycles. The molecule has 0 spiro atoms. The van der Waals surface area contributed by atoms with Crippen LogP contribution in [0.2, 0.25) is 0 Å². The Hall–Kier alpha value is -1.32. The summed E-state index contributed by atoms with van der Waals surface area (Å²) in [5.41, 5.74) is 9.02. The summed E-state index contributed by atoms with van der Waals surface area (Å²) in [6.07, 6.45) is 4.61. The van der Waals surface area contributed by atoms with Crippen LogP contribution in [0.15, 0.2) is 53.7 Å². The fourth-order valence-electron chi connectivity index (χ4n) is 2.48. The second-order valence-electron chi connectivity index (χ2n) is 4.68. The highest BCUT2D eigenvalue weighted by Crippen LogP contribution is 2.40. The molecule has 0 saturated carbocycles. The summed E-state index contributed by atoms with van der Waals surface area (Å²) < 4.78 is 0. The molecular formula is C15H16N2S. The van der Waals surface area contributed by atoms with Gasteiger partial charge in [-0.2, -0.15) is 0 Å². The third-order valence-electron chi connectivity index (χ3n) is 3.45. The summed E-state index contributed by atoms with van der Waals surface area (Å²) in [6, 6.07) is 12.8. The van der Waals surface area contributed by atoms with Crippen molar-refractivity contribution in [3.8, 4) is 0 Å². The molecule has 1 aliphatic rings. The van der Waals surface area contributed by atoms with E-state index in [1.807, 2.05) is 24.0 Å². The summed E-state index contributed by atoms with van der Waals surface area (Å²) in [5, 5.41) is 0. The molecule has 0 saturated heterocycles. The van der Waals surface area contributed by atoms with E-state index >= 15 is 0 Å². The molecule has 2 unspecified atom stereocenters. The van der Waals surface area contributed by atoms with Crippen LogP contribution in [-0.4, -0.2) is 16.8 Å². The Morgan fingerprint density at radius 2 is 2.17 bits per heavy atom. The zero-order valence-corrected chi connectivity index (χ0v) is 10.9. The lowest BCUT2D eigenvalue weighted by Gasteiger charge is -2.19. The number of fused-ring (bicyclic) bond motifs is 1. The van der Waals surface area contributed by atoms with Gasteiger partial charge in [0, 0.05) is 35.0 Å². The van der Waals surface area contributed by atoms with Crippen molar-refractivity contribution in [2.24, 2.45) is 5.73 Å². The topological polar surface area (TPSA) is 38.9 Å². The Morgan fingerprint density at radius 3 is 3.00 bits per heavy atom. The monoisotopic (exact) mass is 256 g/mol. The molecule has 2 heterocycles. The maximum atomic E-state index is 6.38. The first kappa shape index (κ1) is 11.8. The first-order valence-electron chi connectivity index (χ1n) is 6.21. The van der Waals surface area contributed by atoms with Crippen molar-refractivity contribution < 1.29 is 0 Å². The normalized spacial score (nSPS) is 19.5. The highest BCUT2D eigenvalue weighted by molar-refractivity contribution is 7.99. The van der Waals surface area contributed by atoms with Crippen LogP contribution >= 0.6 is 11.8 Å². The van der Waals surface area contributed by atoms with Crippen LogP contribution in [0.25, 0.3) is 0 Å². The van der Waals surface area contributed by atoms with Crippen LogP contribution in [0.5, 0.6) is 0 Å². The van der Waals surface area contributed by atoms with Gasteiger partial charge in [0.25, 0.3) is 0 Å². The minimum atomic E-state index is 0.172. The molecule has 0 aliphatic carbocycles. The molecule has 2 N–H and O–H groups in total. The first-order chi connectivity index (χ1) is 8.84. The molecule has 1 aliphatic heterocycles. The maximum absolute atomic E-state index is 6.38. The number of nitrogens with two attached hydrogens (primary N) is 1. The Kier molecular flexibility index (Phi) is 3.35. The van der Waals surface area contributed by atoms with Crippen molar-refractivity contribution in [3.05, 3.63) is 59.9 Å². The summed E-state index contributed by atoms with van der Waals surface area (Å²) in [6.45, 7) is 0. The predicted octanol–water partition coefficient (Wildman–Crippen LogP) is 2.84. The van der Waals surface area contributed by atoms with E-state index in [1.54, 1.807) is 6.20 Å². The van der Waals surface area contributed by atoms with Crippen molar-refractivity contribution in [1.29, 1.82) is 0 Å². The largest absolute Gasteiger partial charge is 0.327 e. The lowest BCUT2D eigenvalue weighted by Crippen LogP contribution is -2.30. The van der Waals surface area contributed by atoms with Crippen molar-refractivity contribution in [3.63, 3.8) is 0 Å². The Bertz CT molecular complexity index is 527. The summed E-state index contributed by atoms with van der Waals surface area (Å²) in [7, 11) is 0. The summed E-state index contributed by atoms with van der Waals surface area (Å²) in [4.78, 5) is 5.54. The number of benzene rings is 1. The van der Waals surface area contributed by atoms with Gasteiger partial charge in [-0.1, -0.05) is 24.3 Å². The first-order valence-corrected chi connectivity index (χ1v) is 7.19. The highest BCUT2D eigenvalue weighted by Gasteiger charge is 2.27. The van der Waals surface area contributed by atoms with Crippen LogP contribution < -0.4 is 5.73 Å². The van der Waals surface area contributed by atoms with Gasteiger partial charge in [-0.15, -0.1) is 11.8 Å². The van der Waals surface area contributed by atoms with Crippen LogP contribution in [0.3, 0.4) is 0 Å². The minimum Gasteiger partial charge on any atom is -0.327 e. The van der Waals surface area contributed by atoms with E-state index in [4.69, 9.17) is 5.73 Å². The maximum Gasteiger partial charge on any atom is 0.0300 e. The average Bonchev–Trinajstić information content (AvgIpc) is 2.84.